The normalized spacial score (nSPS) is 15.3. The lowest BCUT2D eigenvalue weighted by Crippen LogP contribution is -2.49. The minimum Gasteiger partial charge on any atom is -0.347 e. The van der Waals surface area contributed by atoms with Crippen LogP contribution in [-0.4, -0.2) is 49.4 Å². The Balaban J connectivity index is 2.18. The molecule has 88 valence electrons. The molecule has 0 saturated carbocycles. The molecule has 1 saturated heterocycles. The van der Waals surface area contributed by atoms with Crippen LogP contribution in [0.15, 0.2) is 0 Å². The number of terminal acetylenes is 1. The summed E-state index contributed by atoms with van der Waals surface area (Å²) in [6.45, 7) is 3.12. The summed E-state index contributed by atoms with van der Waals surface area (Å²) in [5, 5.41) is 5.73. The van der Waals surface area contributed by atoms with E-state index < -0.39 is 0 Å². The van der Waals surface area contributed by atoms with Crippen molar-refractivity contribution in [2.45, 2.75) is 12.8 Å². The Morgan fingerprint density at radius 1 is 1.38 bits per heavy atom. The number of carbonyl (C=O) groups excluding carboxylic acids is 2. The van der Waals surface area contributed by atoms with Gasteiger partial charge in [0.1, 0.15) is 0 Å². The molecule has 0 aromatic carbocycles. The fourth-order valence-electron chi connectivity index (χ4n) is 1.47. The van der Waals surface area contributed by atoms with E-state index in [-0.39, 0.29) is 24.8 Å². The first-order valence-electron chi connectivity index (χ1n) is 5.42. The van der Waals surface area contributed by atoms with E-state index in [0.29, 0.717) is 19.5 Å². The van der Waals surface area contributed by atoms with Crippen molar-refractivity contribution in [2.75, 3.05) is 32.7 Å². The van der Waals surface area contributed by atoms with Crippen LogP contribution in [0.4, 0.5) is 0 Å². The van der Waals surface area contributed by atoms with Crippen LogP contribution in [0.2, 0.25) is 0 Å². The van der Waals surface area contributed by atoms with Gasteiger partial charge in [-0.2, -0.15) is 0 Å². The monoisotopic (exact) mass is 223 g/mol. The highest BCUT2D eigenvalue weighted by atomic mass is 16.2. The van der Waals surface area contributed by atoms with Crippen molar-refractivity contribution < 1.29 is 9.59 Å². The standard InChI is InChI=1S/C11H17N3O2/c1-2-3-4-10(15)13-9-11(16)14-7-5-12-6-8-14/h1,12H,3-9H2,(H,13,15). The maximum absolute atomic E-state index is 11.6. The van der Waals surface area contributed by atoms with Gasteiger partial charge in [0.05, 0.1) is 6.54 Å². The third-order valence-electron chi connectivity index (χ3n) is 2.40. The Kier molecular flexibility index (Phi) is 5.37. The maximum atomic E-state index is 11.6. The Morgan fingerprint density at radius 2 is 2.06 bits per heavy atom. The average Bonchev–Trinajstić information content (AvgIpc) is 2.34. The molecular weight excluding hydrogens is 206 g/mol. The van der Waals surface area contributed by atoms with Gasteiger partial charge in [0.25, 0.3) is 0 Å². The van der Waals surface area contributed by atoms with Gasteiger partial charge < -0.3 is 15.5 Å². The van der Waals surface area contributed by atoms with Crippen molar-refractivity contribution in [1.29, 1.82) is 0 Å². The van der Waals surface area contributed by atoms with Gasteiger partial charge in [0, 0.05) is 39.0 Å². The van der Waals surface area contributed by atoms with Crippen molar-refractivity contribution in [3.63, 3.8) is 0 Å². The summed E-state index contributed by atoms with van der Waals surface area (Å²) >= 11 is 0. The number of piperazine rings is 1. The molecule has 0 unspecified atom stereocenters. The maximum Gasteiger partial charge on any atom is 0.242 e. The number of nitrogens with zero attached hydrogens (tertiary/aromatic N) is 1. The Hall–Kier alpha value is -1.54. The van der Waals surface area contributed by atoms with Gasteiger partial charge in [-0.3, -0.25) is 9.59 Å². The summed E-state index contributed by atoms with van der Waals surface area (Å²) < 4.78 is 0. The summed E-state index contributed by atoms with van der Waals surface area (Å²) in [4.78, 5) is 24.6. The SMILES string of the molecule is C#CCCC(=O)NCC(=O)N1CCNCC1. The first-order valence-corrected chi connectivity index (χ1v) is 5.42. The van der Waals surface area contributed by atoms with Gasteiger partial charge in [0.2, 0.25) is 11.8 Å². The molecule has 5 nitrogen and oxygen atoms in total. The van der Waals surface area contributed by atoms with Gasteiger partial charge in [-0.05, 0) is 0 Å². The molecule has 16 heavy (non-hydrogen) atoms. The Bertz CT molecular complexity index is 290. The number of nitrogens with one attached hydrogen (secondary N) is 2. The van der Waals surface area contributed by atoms with Gasteiger partial charge in [-0.25, -0.2) is 0 Å². The molecule has 0 bridgehead atoms. The first-order chi connectivity index (χ1) is 7.74. The zero-order chi connectivity index (χ0) is 11.8. The molecule has 0 aliphatic carbocycles. The summed E-state index contributed by atoms with van der Waals surface area (Å²) in [6, 6.07) is 0. The Labute approximate surface area is 95.6 Å². The lowest BCUT2D eigenvalue weighted by Gasteiger charge is -2.27. The van der Waals surface area contributed by atoms with Crippen molar-refractivity contribution in [3.05, 3.63) is 0 Å². The summed E-state index contributed by atoms with van der Waals surface area (Å²) in [7, 11) is 0. The van der Waals surface area contributed by atoms with Gasteiger partial charge in [-0.15, -0.1) is 12.3 Å². The topological polar surface area (TPSA) is 61.4 Å². The molecule has 0 atom stereocenters. The van der Waals surface area contributed by atoms with Crippen molar-refractivity contribution >= 4 is 11.8 Å². The predicted molar refractivity (Wildman–Crippen MR) is 60.5 cm³/mol. The number of rotatable bonds is 4. The molecular formula is C11H17N3O2. The van der Waals surface area contributed by atoms with E-state index in [1.165, 1.54) is 0 Å². The number of amides is 2. The second kappa shape index (κ2) is 6.85. The second-order valence-corrected chi connectivity index (χ2v) is 3.61. The molecule has 1 rings (SSSR count). The molecule has 0 spiro atoms. The van der Waals surface area contributed by atoms with Crippen molar-refractivity contribution in [3.8, 4) is 12.3 Å². The predicted octanol–water partition coefficient (Wildman–Crippen LogP) is -1.05. The molecule has 1 heterocycles. The molecule has 5 heteroatoms. The van der Waals surface area contributed by atoms with Crippen LogP contribution in [0.5, 0.6) is 0 Å². The third-order valence-corrected chi connectivity index (χ3v) is 2.40. The molecule has 0 radical (unpaired) electrons. The molecule has 1 aliphatic heterocycles. The fourth-order valence-corrected chi connectivity index (χ4v) is 1.47. The van der Waals surface area contributed by atoms with Crippen LogP contribution in [-0.2, 0) is 9.59 Å². The molecule has 1 aliphatic rings. The number of hydrogen-bond donors (Lipinski definition) is 2. The number of carbonyl (C=O) groups is 2. The first kappa shape index (κ1) is 12.5. The van der Waals surface area contributed by atoms with E-state index in [2.05, 4.69) is 16.6 Å². The minimum atomic E-state index is -0.165. The van der Waals surface area contributed by atoms with E-state index in [1.807, 2.05) is 0 Å². The zero-order valence-electron chi connectivity index (χ0n) is 9.29. The summed E-state index contributed by atoms with van der Waals surface area (Å²) in [6.07, 6.45) is 5.73. The molecule has 2 amide bonds. The van der Waals surface area contributed by atoms with Crippen molar-refractivity contribution in [2.24, 2.45) is 0 Å². The van der Waals surface area contributed by atoms with Crippen LogP contribution < -0.4 is 10.6 Å². The van der Waals surface area contributed by atoms with E-state index in [9.17, 15) is 9.59 Å². The van der Waals surface area contributed by atoms with Crippen LogP contribution in [0.3, 0.4) is 0 Å². The van der Waals surface area contributed by atoms with Crippen LogP contribution in [0.25, 0.3) is 0 Å². The van der Waals surface area contributed by atoms with Gasteiger partial charge in [-0.1, -0.05) is 0 Å². The highest BCUT2D eigenvalue weighted by Crippen LogP contribution is 1.93. The highest BCUT2D eigenvalue weighted by molar-refractivity contribution is 5.84. The third kappa shape index (κ3) is 4.32. The van der Waals surface area contributed by atoms with Gasteiger partial charge >= 0.3 is 0 Å². The summed E-state index contributed by atoms with van der Waals surface area (Å²) in [5.74, 6) is 2.19. The molecule has 0 aromatic heterocycles. The van der Waals surface area contributed by atoms with Crippen LogP contribution in [0.1, 0.15) is 12.8 Å². The molecule has 2 N–H and O–H groups in total. The molecule has 0 aromatic rings. The lowest BCUT2D eigenvalue weighted by molar-refractivity contribution is -0.133. The van der Waals surface area contributed by atoms with E-state index in [1.54, 1.807) is 4.90 Å². The van der Waals surface area contributed by atoms with Crippen molar-refractivity contribution in [1.82, 2.24) is 15.5 Å². The smallest absolute Gasteiger partial charge is 0.242 e. The largest absolute Gasteiger partial charge is 0.347 e. The molecule has 1 fully saturated rings. The lowest BCUT2D eigenvalue weighted by atomic mass is 10.3. The van der Waals surface area contributed by atoms with E-state index in [4.69, 9.17) is 6.42 Å². The zero-order valence-corrected chi connectivity index (χ0v) is 9.29. The van der Waals surface area contributed by atoms with Crippen LogP contribution in [0, 0.1) is 12.3 Å². The average molecular weight is 223 g/mol. The highest BCUT2D eigenvalue weighted by Gasteiger charge is 2.16. The second-order valence-electron chi connectivity index (χ2n) is 3.61. The summed E-state index contributed by atoms with van der Waals surface area (Å²) in [5.41, 5.74) is 0. The number of hydrogen-bond acceptors (Lipinski definition) is 3. The van der Waals surface area contributed by atoms with Crippen LogP contribution >= 0.6 is 0 Å². The van der Waals surface area contributed by atoms with E-state index in [0.717, 1.165) is 13.1 Å². The minimum absolute atomic E-state index is 0.0319. The quantitative estimate of drug-likeness (QED) is 0.598. The van der Waals surface area contributed by atoms with E-state index >= 15 is 0 Å². The van der Waals surface area contributed by atoms with Gasteiger partial charge in [0.15, 0.2) is 0 Å². The Morgan fingerprint density at radius 3 is 2.69 bits per heavy atom. The fraction of sp³-hybridized carbons (Fsp3) is 0.636.